The van der Waals surface area contributed by atoms with E-state index in [9.17, 15) is 19.0 Å². The number of carbonyl (C=O) groups excluding carboxylic acids is 2. The molecule has 0 bridgehead atoms. The van der Waals surface area contributed by atoms with E-state index in [1.807, 2.05) is 33.3 Å². The number of nitrogens with zero attached hydrogens (tertiary/aromatic N) is 1. The summed E-state index contributed by atoms with van der Waals surface area (Å²) < 4.78 is 30.4. The number of amides is 1. The minimum absolute atomic E-state index is 0.0166. The number of unbranched alkanes of at least 4 members (excludes halogenated alkanes) is 46. The fourth-order valence-corrected chi connectivity index (χ4v) is 11.0. The van der Waals surface area contributed by atoms with Crippen molar-refractivity contribution in [2.75, 3.05) is 40.9 Å². The molecule has 0 aliphatic carbocycles. The van der Waals surface area contributed by atoms with Crippen LogP contribution in [0, 0.1) is 0 Å². The summed E-state index contributed by atoms with van der Waals surface area (Å²) in [6.07, 6.45) is 66.1. The van der Waals surface area contributed by atoms with E-state index in [4.69, 9.17) is 13.8 Å². The number of likely N-dealkylation sites (N-methyl/N-ethyl adjacent to an activating group) is 1. The highest BCUT2D eigenvalue weighted by molar-refractivity contribution is 7.45. The molecule has 3 atom stereocenters. The maximum atomic E-state index is 13.6. The molecule has 452 valence electrons. The van der Waals surface area contributed by atoms with Gasteiger partial charge in [-0.25, -0.2) is 0 Å². The third-order valence-electron chi connectivity index (χ3n) is 15.5. The van der Waals surface area contributed by atoms with E-state index in [1.165, 1.54) is 257 Å². The van der Waals surface area contributed by atoms with Crippen molar-refractivity contribution in [2.24, 2.45) is 0 Å². The van der Waals surface area contributed by atoms with Crippen LogP contribution in [0.5, 0.6) is 0 Å². The molecule has 0 aromatic rings. The van der Waals surface area contributed by atoms with E-state index in [1.54, 1.807) is 0 Å². The predicted octanol–water partition coefficient (Wildman–Crippen LogP) is 20.1. The highest BCUT2D eigenvalue weighted by atomic mass is 31.2. The molecule has 0 aliphatic heterocycles. The molecule has 76 heavy (non-hydrogen) atoms. The fraction of sp³-hybridized carbons (Fsp3) is 0.939. The van der Waals surface area contributed by atoms with E-state index < -0.39 is 20.0 Å². The van der Waals surface area contributed by atoms with Gasteiger partial charge < -0.3 is 28.5 Å². The molecular formula is C66H131N2O7P. The Balaban J connectivity index is 5.09. The average molecular weight is 1100 g/mol. The van der Waals surface area contributed by atoms with Crippen LogP contribution in [0.4, 0.5) is 0 Å². The number of allylic oxidation sites excluding steroid dienone is 1. The minimum Gasteiger partial charge on any atom is -0.756 e. The molecule has 3 unspecified atom stereocenters. The number of phosphoric acid groups is 1. The van der Waals surface area contributed by atoms with Crippen molar-refractivity contribution in [3.8, 4) is 0 Å². The van der Waals surface area contributed by atoms with Crippen LogP contribution < -0.4 is 10.2 Å². The van der Waals surface area contributed by atoms with Crippen molar-refractivity contribution < 1.29 is 37.3 Å². The second kappa shape index (κ2) is 57.0. The van der Waals surface area contributed by atoms with Crippen LogP contribution in [0.25, 0.3) is 0 Å². The van der Waals surface area contributed by atoms with Crippen LogP contribution in [0.15, 0.2) is 12.2 Å². The van der Waals surface area contributed by atoms with Gasteiger partial charge >= 0.3 is 5.97 Å². The molecule has 0 heterocycles. The molecular weight excluding hydrogens is 964 g/mol. The maximum Gasteiger partial charge on any atom is 0.306 e. The van der Waals surface area contributed by atoms with Crippen LogP contribution in [-0.2, 0) is 27.9 Å². The first kappa shape index (κ1) is 74.8. The summed E-state index contributed by atoms with van der Waals surface area (Å²) in [6, 6.07) is -0.879. The molecule has 0 aromatic carbocycles. The lowest BCUT2D eigenvalue weighted by atomic mass is 10.0. The highest BCUT2D eigenvalue weighted by Gasteiger charge is 2.27. The first-order valence-electron chi connectivity index (χ1n) is 33.5. The van der Waals surface area contributed by atoms with Crippen LogP contribution in [0.2, 0.25) is 0 Å². The Morgan fingerprint density at radius 2 is 0.750 bits per heavy atom. The van der Waals surface area contributed by atoms with E-state index in [-0.39, 0.29) is 31.5 Å². The lowest BCUT2D eigenvalue weighted by Gasteiger charge is -2.30. The van der Waals surface area contributed by atoms with Gasteiger partial charge in [-0.2, -0.15) is 0 Å². The molecule has 0 saturated carbocycles. The summed E-state index contributed by atoms with van der Waals surface area (Å²) in [5, 5.41) is 3.05. The summed E-state index contributed by atoms with van der Waals surface area (Å²) in [5.74, 6) is -0.516. The van der Waals surface area contributed by atoms with Crippen LogP contribution >= 0.6 is 7.82 Å². The molecule has 0 saturated heterocycles. The summed E-state index contributed by atoms with van der Waals surface area (Å²) >= 11 is 0. The number of ether oxygens (including phenoxy) is 1. The Morgan fingerprint density at radius 1 is 0.447 bits per heavy atom. The number of quaternary nitrogens is 1. The third-order valence-corrected chi connectivity index (χ3v) is 16.4. The monoisotopic (exact) mass is 1090 g/mol. The van der Waals surface area contributed by atoms with E-state index in [2.05, 4.69) is 26.1 Å². The zero-order valence-electron chi connectivity index (χ0n) is 51.7. The number of carbonyl (C=O) groups is 2. The van der Waals surface area contributed by atoms with Gasteiger partial charge in [0.1, 0.15) is 19.3 Å². The second-order valence-electron chi connectivity index (χ2n) is 24.3. The number of phosphoric ester groups is 1. The van der Waals surface area contributed by atoms with Gasteiger partial charge in [0.25, 0.3) is 7.82 Å². The normalized spacial score (nSPS) is 13.6. The molecule has 0 aromatic heterocycles. The zero-order chi connectivity index (χ0) is 55.7. The number of rotatable bonds is 62. The van der Waals surface area contributed by atoms with Gasteiger partial charge in [0, 0.05) is 12.8 Å². The smallest absolute Gasteiger partial charge is 0.306 e. The van der Waals surface area contributed by atoms with E-state index in [0.29, 0.717) is 17.4 Å². The largest absolute Gasteiger partial charge is 0.756 e. The molecule has 0 rings (SSSR count). The van der Waals surface area contributed by atoms with Gasteiger partial charge in [-0.15, -0.1) is 0 Å². The fourth-order valence-electron chi connectivity index (χ4n) is 10.3. The Bertz CT molecular complexity index is 1310. The molecule has 1 N–H and O–H groups in total. The SMILES string of the molecule is CCCCCCCCCCCCC/C=C\C(OC(=O)CCCCCCCCCCCCCCCC)C(COP(=O)([O-])OCC[N+](C)(C)C)NC(=O)CCCCCCCCCCCCCCCCCCCCCCCCC. The molecule has 9 nitrogen and oxygen atoms in total. The van der Waals surface area contributed by atoms with Gasteiger partial charge in [0.2, 0.25) is 5.91 Å². The molecule has 1 amide bonds. The van der Waals surface area contributed by atoms with Crippen LogP contribution in [0.1, 0.15) is 348 Å². The molecule has 10 heteroatoms. The van der Waals surface area contributed by atoms with Gasteiger partial charge in [-0.1, -0.05) is 316 Å². The second-order valence-corrected chi connectivity index (χ2v) is 25.8. The van der Waals surface area contributed by atoms with E-state index >= 15 is 0 Å². The van der Waals surface area contributed by atoms with Crippen LogP contribution in [0.3, 0.4) is 0 Å². The standard InChI is InChI=1S/C66H131N2O7P/c1-7-10-13-16-19-22-25-28-30-31-32-33-34-35-36-37-38-40-43-46-49-52-55-58-65(69)67-63(62-74-76(71,72)73-61-60-68(4,5)6)64(57-54-51-48-45-42-39-27-24-21-18-15-12-9-3)75-66(70)59-56-53-50-47-44-41-29-26-23-20-17-14-11-8-2/h54,57,63-64H,7-53,55-56,58-62H2,1-6H3,(H-,67,69,71,72)/b57-54-. The van der Waals surface area contributed by atoms with Crippen molar-refractivity contribution in [1.29, 1.82) is 0 Å². The highest BCUT2D eigenvalue weighted by Crippen LogP contribution is 2.38. The Kier molecular flexibility index (Phi) is 56.1. The Labute approximate surface area is 473 Å². The number of nitrogens with one attached hydrogen (secondary N) is 1. The number of hydrogen-bond donors (Lipinski definition) is 1. The molecule has 0 aliphatic rings. The third kappa shape index (κ3) is 57.4. The summed E-state index contributed by atoms with van der Waals surface area (Å²) in [4.78, 5) is 40.0. The molecule has 0 fully saturated rings. The first-order valence-corrected chi connectivity index (χ1v) is 35.0. The average Bonchev–Trinajstić information content (AvgIpc) is 3.38. The zero-order valence-corrected chi connectivity index (χ0v) is 52.6. The Hall–Kier alpha value is -1.25. The number of hydrogen-bond acceptors (Lipinski definition) is 7. The quantitative estimate of drug-likeness (QED) is 0.0212. The van der Waals surface area contributed by atoms with Gasteiger partial charge in [-0.05, 0) is 31.8 Å². The topological polar surface area (TPSA) is 114 Å². The first-order chi connectivity index (χ1) is 36.9. The van der Waals surface area contributed by atoms with Crippen molar-refractivity contribution in [3.63, 3.8) is 0 Å². The summed E-state index contributed by atoms with van der Waals surface area (Å²) in [5.41, 5.74) is 0. The van der Waals surface area contributed by atoms with Crippen molar-refractivity contribution in [2.45, 2.75) is 360 Å². The van der Waals surface area contributed by atoms with Gasteiger partial charge in [0.15, 0.2) is 0 Å². The summed E-state index contributed by atoms with van der Waals surface area (Å²) in [6.45, 7) is 6.91. The van der Waals surface area contributed by atoms with Crippen LogP contribution in [-0.4, -0.2) is 69.4 Å². The van der Waals surface area contributed by atoms with Crippen molar-refractivity contribution >= 4 is 19.7 Å². The van der Waals surface area contributed by atoms with Crippen molar-refractivity contribution in [3.05, 3.63) is 12.2 Å². The van der Waals surface area contributed by atoms with Gasteiger partial charge in [0.05, 0.1) is 33.8 Å². The Morgan fingerprint density at radius 3 is 1.08 bits per heavy atom. The molecule has 0 spiro atoms. The van der Waals surface area contributed by atoms with Crippen molar-refractivity contribution in [1.82, 2.24) is 5.32 Å². The number of esters is 1. The van der Waals surface area contributed by atoms with Gasteiger partial charge in [-0.3, -0.25) is 14.2 Å². The minimum atomic E-state index is -4.69. The maximum absolute atomic E-state index is 13.6. The lowest BCUT2D eigenvalue weighted by Crippen LogP contribution is -2.47. The lowest BCUT2D eigenvalue weighted by molar-refractivity contribution is -0.870. The summed E-state index contributed by atoms with van der Waals surface area (Å²) in [7, 11) is 1.21. The predicted molar refractivity (Wildman–Crippen MR) is 326 cm³/mol. The molecule has 0 radical (unpaired) electrons. The van der Waals surface area contributed by atoms with E-state index in [0.717, 1.165) is 57.8 Å².